The molecule has 0 aromatic heterocycles. The van der Waals surface area contributed by atoms with E-state index in [1.54, 1.807) is 0 Å². The minimum Gasteiger partial charge on any atom is -0.356 e. The van der Waals surface area contributed by atoms with Gasteiger partial charge in [0.05, 0.1) is 27.2 Å². The summed E-state index contributed by atoms with van der Waals surface area (Å²) in [6, 6.07) is 0. The van der Waals surface area contributed by atoms with Crippen LogP contribution in [0.25, 0.3) is 0 Å². The molecule has 8 atom stereocenters. The van der Waals surface area contributed by atoms with Gasteiger partial charge >= 0.3 is 0 Å². The normalized spacial score (nSPS) is 40.7. The van der Waals surface area contributed by atoms with Crippen LogP contribution in [0.1, 0.15) is 111 Å². The second-order valence-electron chi connectivity index (χ2n) is 14.3. The lowest BCUT2D eigenvalue weighted by Gasteiger charge is -2.61. The van der Waals surface area contributed by atoms with Gasteiger partial charge in [-0.15, -0.1) is 0 Å². The number of hydrogen-bond donors (Lipinski definition) is 1. The Morgan fingerprint density at radius 2 is 1.74 bits per heavy atom. The molecule has 4 aliphatic rings. The molecular formula is C31H57N2O+. The van der Waals surface area contributed by atoms with Crippen molar-refractivity contribution in [2.75, 3.05) is 33.7 Å². The molecule has 4 fully saturated rings. The summed E-state index contributed by atoms with van der Waals surface area (Å²) in [6.07, 6.45) is 17.7. The number of nitrogens with zero attached hydrogens (tertiary/aromatic N) is 1. The zero-order chi connectivity index (χ0) is 24.6. The van der Waals surface area contributed by atoms with Crippen molar-refractivity contribution in [2.45, 2.75) is 111 Å². The first-order chi connectivity index (χ1) is 16.1. The van der Waals surface area contributed by atoms with Crippen molar-refractivity contribution in [3.63, 3.8) is 0 Å². The fraction of sp³-hybridized carbons (Fsp3) is 0.968. The van der Waals surface area contributed by atoms with Crippen LogP contribution in [0.3, 0.4) is 0 Å². The number of amides is 1. The van der Waals surface area contributed by atoms with Crippen molar-refractivity contribution < 1.29 is 9.28 Å². The zero-order valence-electron chi connectivity index (χ0n) is 23.6. The molecule has 0 aliphatic heterocycles. The van der Waals surface area contributed by atoms with Crippen molar-refractivity contribution in [1.82, 2.24) is 5.32 Å². The predicted molar refractivity (Wildman–Crippen MR) is 143 cm³/mol. The molecule has 4 saturated carbocycles. The maximum absolute atomic E-state index is 12.6. The van der Waals surface area contributed by atoms with Crippen molar-refractivity contribution in [1.29, 1.82) is 0 Å². The van der Waals surface area contributed by atoms with Crippen LogP contribution in [0.4, 0.5) is 0 Å². The quantitative estimate of drug-likeness (QED) is 0.282. The Bertz CT molecular complexity index is 704. The van der Waals surface area contributed by atoms with Crippen molar-refractivity contribution in [3.05, 3.63) is 0 Å². The largest absolute Gasteiger partial charge is 0.356 e. The van der Waals surface area contributed by atoms with Crippen LogP contribution >= 0.6 is 0 Å². The molecule has 0 spiro atoms. The fourth-order valence-electron chi connectivity index (χ4n) is 9.81. The lowest BCUT2D eigenvalue weighted by atomic mass is 9.44. The van der Waals surface area contributed by atoms with Gasteiger partial charge in [-0.05, 0) is 111 Å². The van der Waals surface area contributed by atoms with E-state index in [1.165, 1.54) is 64.2 Å². The highest BCUT2D eigenvalue weighted by atomic mass is 16.1. The molecule has 0 bridgehead atoms. The summed E-state index contributed by atoms with van der Waals surface area (Å²) >= 11 is 0. The molecule has 196 valence electrons. The molecule has 34 heavy (non-hydrogen) atoms. The van der Waals surface area contributed by atoms with Gasteiger partial charge in [-0.2, -0.15) is 0 Å². The predicted octanol–water partition coefficient (Wildman–Crippen LogP) is 7.05. The summed E-state index contributed by atoms with van der Waals surface area (Å²) in [5, 5.41) is 3.21. The number of fused-ring (bicyclic) bond motifs is 5. The molecule has 4 rings (SSSR count). The van der Waals surface area contributed by atoms with E-state index in [2.05, 4.69) is 47.1 Å². The SMILES string of the molecule is CC[N+](C)(C)CCCNC(=O)CC[C@@H](C)[C@H]1CCC2C3CCC4CCCC[C@]4(C)C3CC[C@@]21C. The average molecular weight is 474 g/mol. The van der Waals surface area contributed by atoms with E-state index < -0.39 is 0 Å². The van der Waals surface area contributed by atoms with Crippen LogP contribution in [-0.4, -0.2) is 44.1 Å². The molecule has 0 aromatic carbocycles. The zero-order valence-corrected chi connectivity index (χ0v) is 23.6. The van der Waals surface area contributed by atoms with E-state index in [-0.39, 0.29) is 5.91 Å². The Morgan fingerprint density at radius 1 is 0.971 bits per heavy atom. The first-order valence-corrected chi connectivity index (χ1v) is 15.2. The van der Waals surface area contributed by atoms with Crippen LogP contribution in [0.5, 0.6) is 0 Å². The van der Waals surface area contributed by atoms with Gasteiger partial charge in [0, 0.05) is 19.4 Å². The minimum atomic E-state index is 0.278. The summed E-state index contributed by atoms with van der Waals surface area (Å²) in [5.41, 5.74) is 1.17. The number of hydrogen-bond acceptors (Lipinski definition) is 1. The Kier molecular flexibility index (Phi) is 8.12. The van der Waals surface area contributed by atoms with Crippen LogP contribution in [-0.2, 0) is 4.79 Å². The van der Waals surface area contributed by atoms with E-state index in [1.807, 2.05) is 0 Å². The molecule has 4 aliphatic carbocycles. The third-order valence-corrected chi connectivity index (χ3v) is 12.3. The monoisotopic (exact) mass is 473 g/mol. The molecule has 3 heteroatoms. The molecule has 1 amide bonds. The molecule has 0 saturated heterocycles. The molecule has 4 unspecified atom stereocenters. The average Bonchev–Trinajstić information content (AvgIpc) is 3.17. The van der Waals surface area contributed by atoms with Crippen molar-refractivity contribution in [3.8, 4) is 0 Å². The Labute approximate surface area is 211 Å². The number of nitrogens with one attached hydrogen (secondary N) is 1. The van der Waals surface area contributed by atoms with E-state index >= 15 is 0 Å². The highest BCUT2D eigenvalue weighted by Gasteiger charge is 2.60. The van der Waals surface area contributed by atoms with Gasteiger partial charge in [0.15, 0.2) is 0 Å². The summed E-state index contributed by atoms with van der Waals surface area (Å²) in [6.45, 7) is 13.2. The first-order valence-electron chi connectivity index (χ1n) is 15.2. The highest BCUT2D eigenvalue weighted by molar-refractivity contribution is 5.75. The maximum Gasteiger partial charge on any atom is 0.220 e. The highest BCUT2D eigenvalue weighted by Crippen LogP contribution is 2.68. The van der Waals surface area contributed by atoms with Gasteiger partial charge in [-0.25, -0.2) is 0 Å². The standard InChI is InChI=1S/C31H56N2O/c1-7-33(5,6)22-10-21-32-29(34)17-12-23(2)26-15-16-27-25-14-13-24-11-8-9-19-30(24,3)28(25)18-20-31(26,27)4/h23-28H,7-22H2,1-6H3/p+1/t23-,24?,25?,26-,27?,28?,30+,31-/m1/s1. The molecule has 1 N–H and O–H groups in total. The summed E-state index contributed by atoms with van der Waals surface area (Å²) < 4.78 is 1.04. The molecule has 0 heterocycles. The second kappa shape index (κ2) is 10.4. The summed E-state index contributed by atoms with van der Waals surface area (Å²) in [4.78, 5) is 12.6. The van der Waals surface area contributed by atoms with Crippen LogP contribution in [0.15, 0.2) is 0 Å². The number of quaternary nitrogens is 1. The molecular weight excluding hydrogens is 416 g/mol. The Morgan fingerprint density at radius 3 is 2.50 bits per heavy atom. The molecule has 0 aromatic rings. The number of rotatable bonds is 9. The van der Waals surface area contributed by atoms with Crippen LogP contribution < -0.4 is 5.32 Å². The van der Waals surface area contributed by atoms with E-state index in [4.69, 9.17) is 0 Å². The Balaban J connectivity index is 1.28. The van der Waals surface area contributed by atoms with Crippen LogP contribution in [0.2, 0.25) is 0 Å². The molecule has 0 radical (unpaired) electrons. The maximum atomic E-state index is 12.6. The third-order valence-electron chi connectivity index (χ3n) is 12.3. The summed E-state index contributed by atoms with van der Waals surface area (Å²) in [5.74, 6) is 5.74. The van der Waals surface area contributed by atoms with E-state index in [0.717, 1.165) is 73.0 Å². The smallest absolute Gasteiger partial charge is 0.220 e. The first kappa shape index (κ1) is 26.5. The van der Waals surface area contributed by atoms with E-state index in [9.17, 15) is 4.79 Å². The third kappa shape index (κ3) is 5.12. The molecule has 3 nitrogen and oxygen atoms in total. The van der Waals surface area contributed by atoms with Gasteiger partial charge in [-0.3, -0.25) is 4.79 Å². The topological polar surface area (TPSA) is 29.1 Å². The van der Waals surface area contributed by atoms with Gasteiger partial charge < -0.3 is 9.80 Å². The lowest BCUT2D eigenvalue weighted by Crippen LogP contribution is -2.53. The van der Waals surface area contributed by atoms with Gasteiger partial charge in [0.25, 0.3) is 0 Å². The number of carbonyl (C=O) groups excluding carboxylic acids is 1. The summed E-state index contributed by atoms with van der Waals surface area (Å²) in [7, 11) is 4.54. The van der Waals surface area contributed by atoms with Gasteiger partial charge in [0.2, 0.25) is 5.91 Å². The van der Waals surface area contributed by atoms with Gasteiger partial charge in [-0.1, -0.05) is 33.6 Å². The van der Waals surface area contributed by atoms with Crippen molar-refractivity contribution in [2.24, 2.45) is 46.3 Å². The second-order valence-corrected chi connectivity index (χ2v) is 14.3. The van der Waals surface area contributed by atoms with Gasteiger partial charge in [0.1, 0.15) is 0 Å². The van der Waals surface area contributed by atoms with Crippen LogP contribution in [0, 0.1) is 46.3 Å². The number of carbonyl (C=O) groups is 1. The minimum absolute atomic E-state index is 0.278. The lowest BCUT2D eigenvalue weighted by molar-refractivity contribution is -0.888. The van der Waals surface area contributed by atoms with E-state index in [0.29, 0.717) is 16.7 Å². The Hall–Kier alpha value is -0.570. The van der Waals surface area contributed by atoms with Crippen molar-refractivity contribution >= 4 is 5.91 Å². The fourth-order valence-corrected chi connectivity index (χ4v) is 9.81.